The Bertz CT molecular complexity index is 835. The van der Waals surface area contributed by atoms with Crippen LogP contribution in [0.1, 0.15) is 5.56 Å². The molecule has 4 rings (SSSR count). The molecule has 0 amide bonds. The fraction of sp³-hybridized carbons (Fsp3) is 0.105. The van der Waals surface area contributed by atoms with Crippen LogP contribution in [0.25, 0.3) is 10.8 Å². The Kier molecular flexibility index (Phi) is 2.74. The van der Waals surface area contributed by atoms with Gasteiger partial charge in [0.05, 0.1) is 11.3 Å². The van der Waals surface area contributed by atoms with Crippen molar-refractivity contribution in [3.63, 3.8) is 0 Å². The Balaban J connectivity index is 1.90. The molecule has 3 aromatic carbocycles. The second kappa shape index (κ2) is 4.74. The van der Waals surface area contributed by atoms with Gasteiger partial charge in [-0.25, -0.2) is 0 Å². The summed E-state index contributed by atoms with van der Waals surface area (Å²) in [4.78, 5) is 2.30. The lowest BCUT2D eigenvalue weighted by Gasteiger charge is -2.23. The minimum atomic E-state index is 0.870. The summed E-state index contributed by atoms with van der Waals surface area (Å²) in [6, 6.07) is 23.6. The van der Waals surface area contributed by atoms with Crippen molar-refractivity contribution in [2.75, 3.05) is 18.6 Å². The average Bonchev–Trinajstić information content (AvgIpc) is 2.54. The molecule has 0 saturated heterocycles. The predicted octanol–water partition coefficient (Wildman–Crippen LogP) is 4.01. The summed E-state index contributed by atoms with van der Waals surface area (Å²) in [5, 5.41) is 2.58. The minimum absolute atomic E-state index is 0.870. The van der Waals surface area contributed by atoms with Crippen molar-refractivity contribution >= 4 is 28.4 Å². The number of benzene rings is 3. The molecule has 21 heavy (non-hydrogen) atoms. The third-order valence-corrected chi connectivity index (χ3v) is 4.05. The van der Waals surface area contributed by atoms with E-state index in [0.717, 1.165) is 6.67 Å². The van der Waals surface area contributed by atoms with Crippen molar-refractivity contribution in [2.24, 2.45) is 0 Å². The lowest BCUT2D eigenvalue weighted by Crippen LogP contribution is -2.32. The fourth-order valence-electron chi connectivity index (χ4n) is 2.97. The van der Waals surface area contributed by atoms with Crippen LogP contribution in [0.2, 0.25) is 0 Å². The van der Waals surface area contributed by atoms with Gasteiger partial charge in [-0.15, -0.1) is 0 Å². The zero-order chi connectivity index (χ0) is 14.2. The Morgan fingerprint density at radius 3 is 2.29 bits per heavy atom. The maximum absolute atomic E-state index is 2.30. The van der Waals surface area contributed by atoms with E-state index in [4.69, 9.17) is 0 Å². The maximum atomic E-state index is 2.30. The highest BCUT2D eigenvalue weighted by molar-refractivity contribution is 5.97. The summed E-state index contributed by atoms with van der Waals surface area (Å²) < 4.78 is 2.29. The third-order valence-electron chi connectivity index (χ3n) is 4.05. The van der Waals surface area contributed by atoms with Crippen LogP contribution in [0.4, 0.5) is 11.4 Å². The molecule has 0 aliphatic carbocycles. The van der Waals surface area contributed by atoms with Gasteiger partial charge in [0.2, 0.25) is 12.4 Å². The van der Waals surface area contributed by atoms with Crippen LogP contribution in [0.15, 0.2) is 66.7 Å². The molecular formula is C19H17N2+. The highest BCUT2D eigenvalue weighted by atomic mass is 15.3. The molecule has 0 radical (unpaired) electrons. The first kappa shape index (κ1) is 12.2. The van der Waals surface area contributed by atoms with E-state index in [-0.39, 0.29) is 0 Å². The molecule has 0 spiro atoms. The van der Waals surface area contributed by atoms with Crippen LogP contribution in [0, 0.1) is 0 Å². The van der Waals surface area contributed by atoms with Crippen LogP contribution in [0.5, 0.6) is 0 Å². The molecule has 0 unspecified atom stereocenters. The van der Waals surface area contributed by atoms with Crippen LogP contribution < -0.4 is 4.90 Å². The number of fused-ring (bicyclic) bond motifs is 2. The van der Waals surface area contributed by atoms with E-state index in [1.165, 1.54) is 27.7 Å². The lowest BCUT2D eigenvalue weighted by molar-refractivity contribution is -0.435. The van der Waals surface area contributed by atoms with Crippen molar-refractivity contribution < 1.29 is 4.58 Å². The molecule has 0 fully saturated rings. The van der Waals surface area contributed by atoms with Crippen LogP contribution >= 0.6 is 0 Å². The standard InChI is InChI=1S/C19H17N2/c1-20-14-21(18-9-3-2-4-10-18)13-17-11-15-7-5-6-8-16(15)12-19(17)20/h2-13H,14H2,1H3/q+1. The topological polar surface area (TPSA) is 6.25 Å². The van der Waals surface area contributed by atoms with Gasteiger partial charge >= 0.3 is 0 Å². The Morgan fingerprint density at radius 2 is 1.52 bits per heavy atom. The molecule has 1 heterocycles. The summed E-state index contributed by atoms with van der Waals surface area (Å²) in [7, 11) is 2.15. The highest BCUT2D eigenvalue weighted by Crippen LogP contribution is 2.28. The number of hydrogen-bond acceptors (Lipinski definition) is 1. The summed E-state index contributed by atoms with van der Waals surface area (Å²) >= 11 is 0. The first-order valence-corrected chi connectivity index (χ1v) is 7.22. The molecule has 2 heteroatoms. The molecule has 1 aliphatic heterocycles. The van der Waals surface area contributed by atoms with Crippen molar-refractivity contribution in [1.29, 1.82) is 0 Å². The SMILES string of the molecule is CN1C[N+](c2ccccc2)=Cc2cc3ccccc3cc21. The molecule has 0 N–H and O–H groups in total. The largest absolute Gasteiger partial charge is 0.319 e. The van der Waals surface area contributed by atoms with Gasteiger partial charge in [-0.2, -0.15) is 4.58 Å². The fourth-order valence-corrected chi connectivity index (χ4v) is 2.97. The summed E-state index contributed by atoms with van der Waals surface area (Å²) in [6.45, 7) is 0.870. The van der Waals surface area contributed by atoms with Gasteiger partial charge in [-0.05, 0) is 22.9 Å². The Labute approximate surface area is 124 Å². The number of hydrogen-bond donors (Lipinski definition) is 0. The monoisotopic (exact) mass is 273 g/mol. The zero-order valence-electron chi connectivity index (χ0n) is 12.0. The first-order valence-electron chi connectivity index (χ1n) is 7.22. The van der Waals surface area contributed by atoms with E-state index in [9.17, 15) is 0 Å². The van der Waals surface area contributed by atoms with E-state index < -0.39 is 0 Å². The van der Waals surface area contributed by atoms with Gasteiger partial charge in [-0.1, -0.05) is 42.5 Å². The van der Waals surface area contributed by atoms with Crippen molar-refractivity contribution in [3.8, 4) is 0 Å². The molecular weight excluding hydrogens is 256 g/mol. The van der Waals surface area contributed by atoms with Gasteiger partial charge in [0, 0.05) is 19.2 Å². The van der Waals surface area contributed by atoms with Crippen LogP contribution in [-0.2, 0) is 0 Å². The second-order valence-corrected chi connectivity index (χ2v) is 5.53. The van der Waals surface area contributed by atoms with E-state index in [1.54, 1.807) is 0 Å². The number of nitrogens with zero attached hydrogens (tertiary/aromatic N) is 2. The predicted molar refractivity (Wildman–Crippen MR) is 88.7 cm³/mol. The van der Waals surface area contributed by atoms with Gasteiger partial charge < -0.3 is 4.90 Å². The van der Waals surface area contributed by atoms with E-state index in [1.807, 2.05) is 0 Å². The van der Waals surface area contributed by atoms with Crippen LogP contribution in [-0.4, -0.2) is 24.5 Å². The quantitative estimate of drug-likeness (QED) is 0.607. The van der Waals surface area contributed by atoms with Gasteiger partial charge in [-0.3, -0.25) is 0 Å². The molecule has 3 aromatic rings. The third kappa shape index (κ3) is 2.09. The Morgan fingerprint density at radius 1 is 0.857 bits per heavy atom. The minimum Gasteiger partial charge on any atom is -0.319 e. The molecule has 102 valence electrons. The molecule has 1 aliphatic rings. The molecule has 0 atom stereocenters. The molecule has 2 nitrogen and oxygen atoms in total. The lowest BCUT2D eigenvalue weighted by atomic mass is 10.0. The second-order valence-electron chi connectivity index (χ2n) is 5.53. The number of para-hydroxylation sites is 1. The van der Waals surface area contributed by atoms with Crippen molar-refractivity contribution in [3.05, 3.63) is 72.3 Å². The zero-order valence-corrected chi connectivity index (χ0v) is 12.0. The molecule has 0 bridgehead atoms. The number of rotatable bonds is 1. The highest BCUT2D eigenvalue weighted by Gasteiger charge is 2.21. The van der Waals surface area contributed by atoms with E-state index >= 15 is 0 Å². The molecule has 0 saturated carbocycles. The van der Waals surface area contributed by atoms with Gasteiger partial charge in [0.15, 0.2) is 6.21 Å². The summed E-state index contributed by atoms with van der Waals surface area (Å²) in [6.07, 6.45) is 2.25. The van der Waals surface area contributed by atoms with E-state index in [0.29, 0.717) is 0 Å². The van der Waals surface area contributed by atoms with Crippen LogP contribution in [0.3, 0.4) is 0 Å². The van der Waals surface area contributed by atoms with Crippen molar-refractivity contribution in [1.82, 2.24) is 0 Å². The smallest absolute Gasteiger partial charge is 0.224 e. The molecule has 0 aromatic heterocycles. The average molecular weight is 273 g/mol. The van der Waals surface area contributed by atoms with E-state index in [2.05, 4.69) is 89.5 Å². The summed E-state index contributed by atoms with van der Waals surface area (Å²) in [5.74, 6) is 0. The number of anilines is 1. The normalized spacial score (nSPS) is 14.0. The Hall–Kier alpha value is -2.61. The van der Waals surface area contributed by atoms with Crippen molar-refractivity contribution in [2.45, 2.75) is 0 Å². The summed E-state index contributed by atoms with van der Waals surface area (Å²) in [5.41, 5.74) is 3.79. The van der Waals surface area contributed by atoms with Gasteiger partial charge in [0.1, 0.15) is 0 Å². The first-order chi connectivity index (χ1) is 10.3. The van der Waals surface area contributed by atoms with Gasteiger partial charge in [0.25, 0.3) is 0 Å². The maximum Gasteiger partial charge on any atom is 0.224 e.